The molecule has 0 radical (unpaired) electrons. The van der Waals surface area contributed by atoms with Crippen molar-refractivity contribution in [3.8, 4) is 0 Å². The summed E-state index contributed by atoms with van der Waals surface area (Å²) in [6.07, 6.45) is 6.57. The predicted octanol–water partition coefficient (Wildman–Crippen LogP) is 4.85. The van der Waals surface area contributed by atoms with Crippen LogP contribution in [0.4, 0.5) is 5.69 Å². The minimum Gasteiger partial charge on any atom is -0.352 e. The first kappa shape index (κ1) is 29.3. The van der Waals surface area contributed by atoms with Crippen molar-refractivity contribution < 1.29 is 18.0 Å². The molecule has 0 unspecified atom stereocenters. The molecule has 0 bridgehead atoms. The van der Waals surface area contributed by atoms with Crippen molar-refractivity contribution in [1.82, 2.24) is 10.2 Å². The first-order valence-electron chi connectivity index (χ1n) is 13.9. The molecule has 8 heteroatoms. The van der Waals surface area contributed by atoms with Gasteiger partial charge in [-0.2, -0.15) is 0 Å². The Morgan fingerprint density at radius 3 is 2.10 bits per heavy atom. The van der Waals surface area contributed by atoms with Crippen LogP contribution in [0.15, 0.2) is 84.9 Å². The SMILES string of the molecule is Cc1cccc(N(CC(=O)N(Cc2ccccc2)[C@H](Cc2ccccc2)C(=O)NC2CCCCC2)S(C)(=O)=O)c1. The molecule has 1 aliphatic carbocycles. The second-order valence-corrected chi connectivity index (χ2v) is 12.6. The third-order valence-corrected chi connectivity index (χ3v) is 8.53. The Bertz CT molecular complexity index is 1370. The summed E-state index contributed by atoms with van der Waals surface area (Å²) in [5, 5.41) is 3.22. The summed E-state index contributed by atoms with van der Waals surface area (Å²) in [5.41, 5.74) is 3.09. The largest absolute Gasteiger partial charge is 0.352 e. The zero-order chi connectivity index (χ0) is 28.5. The molecule has 4 rings (SSSR count). The molecule has 3 aromatic carbocycles. The Morgan fingerprint density at radius 2 is 1.50 bits per heavy atom. The van der Waals surface area contributed by atoms with Crippen molar-refractivity contribution in [3.05, 3.63) is 102 Å². The lowest BCUT2D eigenvalue weighted by atomic mass is 9.94. The van der Waals surface area contributed by atoms with Gasteiger partial charge in [-0.05, 0) is 48.6 Å². The van der Waals surface area contributed by atoms with Crippen LogP contribution in [0.1, 0.15) is 48.8 Å². The summed E-state index contributed by atoms with van der Waals surface area (Å²) in [6.45, 7) is 1.65. The highest BCUT2D eigenvalue weighted by atomic mass is 32.2. The summed E-state index contributed by atoms with van der Waals surface area (Å²) in [5.74, 6) is -0.642. The number of hydrogen-bond donors (Lipinski definition) is 1. The summed E-state index contributed by atoms with van der Waals surface area (Å²) in [7, 11) is -3.78. The Balaban J connectivity index is 1.70. The highest BCUT2D eigenvalue weighted by molar-refractivity contribution is 7.92. The smallest absolute Gasteiger partial charge is 0.244 e. The number of nitrogens with one attached hydrogen (secondary N) is 1. The van der Waals surface area contributed by atoms with E-state index in [0.29, 0.717) is 12.1 Å². The van der Waals surface area contributed by atoms with E-state index < -0.39 is 28.5 Å². The molecule has 2 amide bonds. The number of rotatable bonds is 11. The molecule has 0 aliphatic heterocycles. The summed E-state index contributed by atoms with van der Waals surface area (Å²) < 4.78 is 26.9. The molecule has 1 fully saturated rings. The minimum absolute atomic E-state index is 0.0769. The Morgan fingerprint density at radius 1 is 0.875 bits per heavy atom. The second-order valence-electron chi connectivity index (χ2n) is 10.7. The zero-order valence-electron chi connectivity index (χ0n) is 23.3. The number of carbonyl (C=O) groups is 2. The van der Waals surface area contributed by atoms with E-state index in [1.54, 1.807) is 23.1 Å². The van der Waals surface area contributed by atoms with Crippen LogP contribution in [0.5, 0.6) is 0 Å². The molecule has 212 valence electrons. The van der Waals surface area contributed by atoms with E-state index >= 15 is 0 Å². The molecule has 40 heavy (non-hydrogen) atoms. The fraction of sp³-hybridized carbons (Fsp3) is 0.375. The predicted molar refractivity (Wildman–Crippen MR) is 159 cm³/mol. The molecule has 0 spiro atoms. The fourth-order valence-electron chi connectivity index (χ4n) is 5.28. The van der Waals surface area contributed by atoms with Gasteiger partial charge in [-0.3, -0.25) is 13.9 Å². The van der Waals surface area contributed by atoms with E-state index in [2.05, 4.69) is 5.32 Å². The standard InChI is InChI=1S/C32H39N3O4S/c1-25-13-12-20-29(21-25)35(40(2,38)39)24-31(36)34(23-27-16-8-4-9-17-27)30(22-26-14-6-3-7-15-26)32(37)33-28-18-10-5-11-19-28/h3-4,6-9,12-17,20-21,28,30H,5,10-11,18-19,22-24H2,1-2H3,(H,33,37)/t30-/m1/s1. The van der Waals surface area contributed by atoms with Gasteiger partial charge in [0, 0.05) is 19.0 Å². The summed E-state index contributed by atoms with van der Waals surface area (Å²) >= 11 is 0. The van der Waals surface area contributed by atoms with Crippen molar-refractivity contribution in [1.29, 1.82) is 0 Å². The highest BCUT2D eigenvalue weighted by Gasteiger charge is 2.34. The molecule has 7 nitrogen and oxygen atoms in total. The highest BCUT2D eigenvalue weighted by Crippen LogP contribution is 2.22. The number of anilines is 1. The molecule has 0 aromatic heterocycles. The maximum atomic E-state index is 14.1. The van der Waals surface area contributed by atoms with Gasteiger partial charge in [0.2, 0.25) is 21.8 Å². The number of aryl methyl sites for hydroxylation is 1. The second kappa shape index (κ2) is 13.6. The molecule has 1 aliphatic rings. The van der Waals surface area contributed by atoms with Crippen LogP contribution in [0.3, 0.4) is 0 Å². The average Bonchev–Trinajstić information content (AvgIpc) is 2.94. The van der Waals surface area contributed by atoms with Gasteiger partial charge < -0.3 is 10.2 Å². The van der Waals surface area contributed by atoms with Gasteiger partial charge in [-0.15, -0.1) is 0 Å². The lowest BCUT2D eigenvalue weighted by Gasteiger charge is -2.35. The van der Waals surface area contributed by atoms with Crippen LogP contribution in [0, 0.1) is 6.92 Å². The van der Waals surface area contributed by atoms with Crippen LogP contribution >= 0.6 is 0 Å². The maximum Gasteiger partial charge on any atom is 0.244 e. The number of carbonyl (C=O) groups excluding carboxylic acids is 2. The van der Waals surface area contributed by atoms with Crippen molar-refractivity contribution in [2.24, 2.45) is 0 Å². The Labute approximate surface area is 238 Å². The molecule has 0 heterocycles. The normalized spacial score (nSPS) is 14.8. The van der Waals surface area contributed by atoms with Crippen LogP contribution < -0.4 is 9.62 Å². The third-order valence-electron chi connectivity index (χ3n) is 7.39. The number of sulfonamides is 1. The summed E-state index contributed by atoms with van der Waals surface area (Å²) in [4.78, 5) is 29.6. The monoisotopic (exact) mass is 561 g/mol. The molecule has 0 saturated heterocycles. The zero-order valence-corrected chi connectivity index (χ0v) is 24.1. The van der Waals surface area contributed by atoms with Gasteiger partial charge in [-0.1, -0.05) is 92.1 Å². The summed E-state index contributed by atoms with van der Waals surface area (Å²) in [6, 6.07) is 25.5. The number of nitrogens with zero attached hydrogens (tertiary/aromatic N) is 2. The van der Waals surface area contributed by atoms with E-state index in [4.69, 9.17) is 0 Å². The lowest BCUT2D eigenvalue weighted by molar-refractivity contribution is -0.140. The topological polar surface area (TPSA) is 86.8 Å². The molecule has 3 aromatic rings. The van der Waals surface area contributed by atoms with Crippen molar-refractivity contribution in [3.63, 3.8) is 0 Å². The minimum atomic E-state index is -3.78. The van der Waals surface area contributed by atoms with E-state index in [1.807, 2.05) is 73.7 Å². The quantitative estimate of drug-likeness (QED) is 0.363. The number of hydrogen-bond acceptors (Lipinski definition) is 4. The van der Waals surface area contributed by atoms with Gasteiger partial charge in [0.15, 0.2) is 0 Å². The average molecular weight is 562 g/mol. The van der Waals surface area contributed by atoms with E-state index in [0.717, 1.165) is 52.9 Å². The molecular formula is C32H39N3O4S. The van der Waals surface area contributed by atoms with Gasteiger partial charge >= 0.3 is 0 Å². The van der Waals surface area contributed by atoms with Gasteiger partial charge in [-0.25, -0.2) is 8.42 Å². The van der Waals surface area contributed by atoms with Crippen LogP contribution in [-0.4, -0.2) is 50.0 Å². The van der Waals surface area contributed by atoms with E-state index in [1.165, 1.54) is 6.42 Å². The van der Waals surface area contributed by atoms with Crippen LogP contribution in [0.2, 0.25) is 0 Å². The first-order chi connectivity index (χ1) is 19.2. The molecule has 1 atom stereocenters. The molecule has 1 N–H and O–H groups in total. The molecule has 1 saturated carbocycles. The maximum absolute atomic E-state index is 14.1. The van der Waals surface area contributed by atoms with Gasteiger partial charge in [0.05, 0.1) is 11.9 Å². The van der Waals surface area contributed by atoms with Gasteiger partial charge in [0.1, 0.15) is 12.6 Å². The number of benzene rings is 3. The van der Waals surface area contributed by atoms with Crippen LogP contribution in [0.25, 0.3) is 0 Å². The number of amides is 2. The van der Waals surface area contributed by atoms with E-state index in [-0.39, 0.29) is 18.5 Å². The van der Waals surface area contributed by atoms with Crippen molar-refractivity contribution in [2.75, 3.05) is 17.1 Å². The third kappa shape index (κ3) is 8.18. The molecular weight excluding hydrogens is 522 g/mol. The lowest BCUT2D eigenvalue weighted by Crippen LogP contribution is -2.55. The Kier molecular flexibility index (Phi) is 9.98. The van der Waals surface area contributed by atoms with Crippen molar-refractivity contribution >= 4 is 27.5 Å². The van der Waals surface area contributed by atoms with E-state index in [9.17, 15) is 18.0 Å². The van der Waals surface area contributed by atoms with Crippen LogP contribution in [-0.2, 0) is 32.6 Å². The fourth-order valence-corrected chi connectivity index (χ4v) is 6.12. The first-order valence-corrected chi connectivity index (χ1v) is 15.8. The van der Waals surface area contributed by atoms with Gasteiger partial charge in [0.25, 0.3) is 0 Å². The van der Waals surface area contributed by atoms with Crippen molar-refractivity contribution in [2.45, 2.75) is 64.1 Å². The Hall–Kier alpha value is -3.65.